The molecule has 0 aromatic heterocycles. The zero-order valence-corrected chi connectivity index (χ0v) is 7.74. The molecule has 66 valence electrons. The lowest BCUT2D eigenvalue weighted by Crippen LogP contribution is -2.49. The molecule has 0 aliphatic carbocycles. The van der Waals surface area contributed by atoms with Crippen LogP contribution in [0.1, 0.15) is 32.6 Å². The molecule has 1 unspecified atom stereocenters. The molecule has 2 nitrogen and oxygen atoms in total. The van der Waals surface area contributed by atoms with E-state index in [0.29, 0.717) is 5.54 Å². The van der Waals surface area contributed by atoms with Gasteiger partial charge in [-0.15, -0.1) is 0 Å². The van der Waals surface area contributed by atoms with E-state index in [0.717, 1.165) is 6.54 Å². The molecule has 11 heavy (non-hydrogen) atoms. The fourth-order valence-corrected chi connectivity index (χ4v) is 1.82. The first-order valence-electron chi connectivity index (χ1n) is 4.72. The van der Waals surface area contributed by atoms with Crippen LogP contribution >= 0.6 is 0 Å². The molecule has 1 rings (SSSR count). The first-order valence-corrected chi connectivity index (χ1v) is 4.72. The molecule has 0 aromatic carbocycles. The molecule has 1 atom stereocenters. The molecular weight excluding hydrogens is 136 g/mol. The van der Waals surface area contributed by atoms with Gasteiger partial charge in [-0.25, -0.2) is 0 Å². The zero-order valence-electron chi connectivity index (χ0n) is 7.74. The van der Waals surface area contributed by atoms with Gasteiger partial charge < -0.3 is 10.6 Å². The Bertz CT molecular complexity index is 98.1. The second kappa shape index (κ2) is 4.07. The Morgan fingerprint density at radius 3 is 2.91 bits per heavy atom. The van der Waals surface area contributed by atoms with E-state index in [4.69, 9.17) is 0 Å². The van der Waals surface area contributed by atoms with Crippen molar-refractivity contribution in [2.75, 3.05) is 20.1 Å². The van der Waals surface area contributed by atoms with Crippen LogP contribution in [0.4, 0.5) is 0 Å². The molecule has 1 heterocycles. The van der Waals surface area contributed by atoms with Gasteiger partial charge in [0.25, 0.3) is 0 Å². The van der Waals surface area contributed by atoms with Gasteiger partial charge in [0.15, 0.2) is 0 Å². The second-order valence-corrected chi connectivity index (χ2v) is 3.52. The number of likely N-dealkylation sites (N-methyl/N-ethyl adjacent to an activating group) is 1. The lowest BCUT2D eigenvalue weighted by atomic mass is 9.91. The van der Waals surface area contributed by atoms with Crippen LogP contribution in [0.2, 0.25) is 0 Å². The van der Waals surface area contributed by atoms with Crippen molar-refractivity contribution < 1.29 is 0 Å². The minimum atomic E-state index is 0.385. The standard InChI is InChI=1S/C9H20N2/c1-3-9(10-2)6-4-5-7-11-8-9/h10-11H,3-8H2,1-2H3. The Morgan fingerprint density at radius 1 is 1.45 bits per heavy atom. The van der Waals surface area contributed by atoms with Crippen LogP contribution in [0.5, 0.6) is 0 Å². The smallest absolute Gasteiger partial charge is 0.0300 e. The van der Waals surface area contributed by atoms with Crippen LogP contribution in [0, 0.1) is 0 Å². The van der Waals surface area contributed by atoms with Crippen molar-refractivity contribution in [2.45, 2.75) is 38.1 Å². The van der Waals surface area contributed by atoms with Gasteiger partial charge in [0.2, 0.25) is 0 Å². The van der Waals surface area contributed by atoms with E-state index in [1.165, 1.54) is 32.2 Å². The maximum atomic E-state index is 3.48. The van der Waals surface area contributed by atoms with Crippen LogP contribution in [0.3, 0.4) is 0 Å². The summed E-state index contributed by atoms with van der Waals surface area (Å²) in [6.45, 7) is 4.60. The molecule has 1 saturated heterocycles. The fraction of sp³-hybridized carbons (Fsp3) is 1.00. The Hall–Kier alpha value is -0.0800. The molecule has 0 saturated carbocycles. The van der Waals surface area contributed by atoms with Gasteiger partial charge in [0.1, 0.15) is 0 Å². The molecule has 2 heteroatoms. The van der Waals surface area contributed by atoms with Gasteiger partial charge in [-0.3, -0.25) is 0 Å². The summed E-state index contributed by atoms with van der Waals surface area (Å²) in [7, 11) is 2.08. The molecule has 2 N–H and O–H groups in total. The maximum Gasteiger partial charge on any atom is 0.0300 e. The number of hydrogen-bond acceptors (Lipinski definition) is 2. The fourth-order valence-electron chi connectivity index (χ4n) is 1.82. The van der Waals surface area contributed by atoms with E-state index in [9.17, 15) is 0 Å². The van der Waals surface area contributed by atoms with Crippen molar-refractivity contribution in [1.82, 2.24) is 10.6 Å². The summed E-state index contributed by atoms with van der Waals surface area (Å²) in [5, 5.41) is 6.92. The molecule has 0 aromatic rings. The number of nitrogens with one attached hydrogen (secondary N) is 2. The topological polar surface area (TPSA) is 24.1 Å². The highest BCUT2D eigenvalue weighted by Crippen LogP contribution is 2.19. The third kappa shape index (κ3) is 2.17. The van der Waals surface area contributed by atoms with Crippen LogP contribution in [0.15, 0.2) is 0 Å². The van der Waals surface area contributed by atoms with E-state index in [-0.39, 0.29) is 0 Å². The highest BCUT2D eigenvalue weighted by molar-refractivity contribution is 4.89. The lowest BCUT2D eigenvalue weighted by Gasteiger charge is -2.31. The number of rotatable bonds is 2. The monoisotopic (exact) mass is 156 g/mol. The maximum absolute atomic E-state index is 3.48. The average molecular weight is 156 g/mol. The van der Waals surface area contributed by atoms with E-state index < -0.39 is 0 Å². The predicted molar refractivity (Wildman–Crippen MR) is 48.8 cm³/mol. The predicted octanol–water partition coefficient (Wildman–Crippen LogP) is 1.13. The molecule has 1 aliphatic rings. The van der Waals surface area contributed by atoms with Crippen LogP contribution in [-0.4, -0.2) is 25.7 Å². The van der Waals surface area contributed by atoms with Crippen LogP contribution in [0.25, 0.3) is 0 Å². The summed E-state index contributed by atoms with van der Waals surface area (Å²) in [6.07, 6.45) is 5.26. The Morgan fingerprint density at radius 2 is 2.27 bits per heavy atom. The van der Waals surface area contributed by atoms with Gasteiger partial charge in [-0.1, -0.05) is 13.3 Å². The van der Waals surface area contributed by atoms with Crippen molar-refractivity contribution in [2.24, 2.45) is 0 Å². The molecule has 0 radical (unpaired) electrons. The van der Waals surface area contributed by atoms with Crippen LogP contribution < -0.4 is 10.6 Å². The van der Waals surface area contributed by atoms with E-state index in [1.807, 2.05) is 0 Å². The molecular formula is C9H20N2. The minimum Gasteiger partial charge on any atom is -0.315 e. The van der Waals surface area contributed by atoms with Crippen molar-refractivity contribution in [3.8, 4) is 0 Å². The van der Waals surface area contributed by atoms with Crippen molar-refractivity contribution in [3.05, 3.63) is 0 Å². The summed E-state index contributed by atoms with van der Waals surface area (Å²) in [5.41, 5.74) is 0.385. The summed E-state index contributed by atoms with van der Waals surface area (Å²) in [4.78, 5) is 0. The normalized spacial score (nSPS) is 33.3. The summed E-state index contributed by atoms with van der Waals surface area (Å²) < 4.78 is 0. The quantitative estimate of drug-likeness (QED) is 0.626. The molecule has 1 fully saturated rings. The summed E-state index contributed by atoms with van der Waals surface area (Å²) in [5.74, 6) is 0. The Kier molecular flexibility index (Phi) is 3.34. The summed E-state index contributed by atoms with van der Waals surface area (Å²) >= 11 is 0. The van der Waals surface area contributed by atoms with Gasteiger partial charge in [0, 0.05) is 12.1 Å². The van der Waals surface area contributed by atoms with Crippen molar-refractivity contribution in [3.63, 3.8) is 0 Å². The van der Waals surface area contributed by atoms with Gasteiger partial charge in [0.05, 0.1) is 0 Å². The second-order valence-electron chi connectivity index (χ2n) is 3.52. The van der Waals surface area contributed by atoms with Gasteiger partial charge >= 0.3 is 0 Å². The Labute approximate surface area is 69.8 Å². The highest BCUT2D eigenvalue weighted by Gasteiger charge is 2.26. The molecule has 0 spiro atoms. The molecule has 1 aliphatic heterocycles. The first kappa shape index (κ1) is 9.01. The van der Waals surface area contributed by atoms with Crippen LogP contribution in [-0.2, 0) is 0 Å². The average Bonchev–Trinajstić information content (AvgIpc) is 2.30. The van der Waals surface area contributed by atoms with E-state index in [1.54, 1.807) is 0 Å². The van der Waals surface area contributed by atoms with Crippen molar-refractivity contribution >= 4 is 0 Å². The zero-order chi connectivity index (χ0) is 8.16. The largest absolute Gasteiger partial charge is 0.315 e. The lowest BCUT2D eigenvalue weighted by molar-refractivity contribution is 0.312. The van der Waals surface area contributed by atoms with E-state index in [2.05, 4.69) is 24.6 Å². The van der Waals surface area contributed by atoms with Gasteiger partial charge in [-0.05, 0) is 32.9 Å². The van der Waals surface area contributed by atoms with E-state index >= 15 is 0 Å². The highest BCUT2D eigenvalue weighted by atomic mass is 15.0. The minimum absolute atomic E-state index is 0.385. The molecule has 0 bridgehead atoms. The SMILES string of the molecule is CCC1(NC)CCCCNC1. The third-order valence-electron chi connectivity index (χ3n) is 2.93. The number of hydrogen-bond donors (Lipinski definition) is 2. The van der Waals surface area contributed by atoms with Crippen molar-refractivity contribution in [1.29, 1.82) is 0 Å². The summed E-state index contributed by atoms with van der Waals surface area (Å²) in [6, 6.07) is 0. The molecule has 0 amide bonds. The van der Waals surface area contributed by atoms with Gasteiger partial charge in [-0.2, -0.15) is 0 Å². The Balaban J connectivity index is 2.49. The third-order valence-corrected chi connectivity index (χ3v) is 2.93. The first-order chi connectivity index (χ1) is 5.33.